The second kappa shape index (κ2) is 6.33. The Balaban J connectivity index is 2.17. The summed E-state index contributed by atoms with van der Waals surface area (Å²) in [4.78, 5) is 0. The van der Waals surface area contributed by atoms with E-state index in [1.807, 2.05) is 48.6 Å². The molecule has 0 spiro atoms. The summed E-state index contributed by atoms with van der Waals surface area (Å²) in [5.74, 6) is 0.443. The molecule has 3 aromatic carbocycles. The summed E-state index contributed by atoms with van der Waals surface area (Å²) in [6.07, 6.45) is 3.76. The summed E-state index contributed by atoms with van der Waals surface area (Å²) in [5.41, 5.74) is 5.77. The number of allylic oxidation sites excluding steroid dienone is 4. The first-order valence-electron chi connectivity index (χ1n) is 8.81. The van der Waals surface area contributed by atoms with Crippen LogP contribution in [0, 0.1) is 0 Å². The van der Waals surface area contributed by atoms with Crippen LogP contribution in [-0.2, 0) is 5.41 Å². The fourth-order valence-electron chi connectivity index (χ4n) is 4.23. The van der Waals surface area contributed by atoms with Crippen LogP contribution in [0.5, 0.6) is 11.5 Å². The van der Waals surface area contributed by atoms with Gasteiger partial charge in [0.2, 0.25) is 0 Å². The lowest BCUT2D eigenvalue weighted by Gasteiger charge is -2.34. The van der Waals surface area contributed by atoms with Gasteiger partial charge in [-0.3, -0.25) is 0 Å². The molecule has 1 aliphatic rings. The average Bonchev–Trinajstić information content (AvgIpc) is 2.99. The zero-order valence-corrected chi connectivity index (χ0v) is 14.9. The zero-order valence-electron chi connectivity index (χ0n) is 14.9. The molecule has 1 aliphatic carbocycles. The summed E-state index contributed by atoms with van der Waals surface area (Å²) in [7, 11) is 0. The Hall–Kier alpha value is -3.52. The normalized spacial score (nSPS) is 14.7. The van der Waals surface area contributed by atoms with Crippen molar-refractivity contribution in [3.8, 4) is 11.5 Å². The molecule has 2 N–H and O–H groups in total. The smallest absolute Gasteiger partial charge is 0.115 e. The summed E-state index contributed by atoms with van der Waals surface area (Å²) in [5, 5.41) is 19.7. The molecule has 0 amide bonds. The van der Waals surface area contributed by atoms with Crippen molar-refractivity contribution in [3.63, 3.8) is 0 Å². The number of fused-ring (bicyclic) bond motifs is 1. The SMILES string of the molecule is C=CC1=C(C=C)C(c2ccc(O)cc2)(c2ccc(O)cc2)c2ccccc21. The van der Waals surface area contributed by atoms with Gasteiger partial charge in [0.05, 0.1) is 5.41 Å². The molecular weight excluding hydrogens is 332 g/mol. The van der Waals surface area contributed by atoms with Gasteiger partial charge in [-0.25, -0.2) is 0 Å². The minimum absolute atomic E-state index is 0.221. The van der Waals surface area contributed by atoms with Crippen LogP contribution < -0.4 is 0 Å². The van der Waals surface area contributed by atoms with Gasteiger partial charge >= 0.3 is 0 Å². The first kappa shape index (κ1) is 16.9. The molecule has 0 aromatic heterocycles. The average molecular weight is 352 g/mol. The Morgan fingerprint density at radius 2 is 1.19 bits per heavy atom. The van der Waals surface area contributed by atoms with Gasteiger partial charge in [0.1, 0.15) is 11.5 Å². The second-order valence-corrected chi connectivity index (χ2v) is 6.62. The Kier molecular flexibility index (Phi) is 3.97. The lowest BCUT2D eigenvalue weighted by Crippen LogP contribution is -2.29. The van der Waals surface area contributed by atoms with Gasteiger partial charge in [0.15, 0.2) is 0 Å². The van der Waals surface area contributed by atoms with Gasteiger partial charge in [-0.05, 0) is 57.7 Å². The van der Waals surface area contributed by atoms with Crippen LogP contribution in [0.3, 0.4) is 0 Å². The van der Waals surface area contributed by atoms with Crippen LogP contribution in [0.15, 0.2) is 104 Å². The summed E-state index contributed by atoms with van der Waals surface area (Å²) >= 11 is 0. The number of aromatic hydroxyl groups is 2. The molecule has 0 fully saturated rings. The number of hydrogen-bond donors (Lipinski definition) is 2. The minimum atomic E-state index is -0.594. The van der Waals surface area contributed by atoms with E-state index >= 15 is 0 Å². The largest absolute Gasteiger partial charge is 0.508 e. The third kappa shape index (κ3) is 2.34. The van der Waals surface area contributed by atoms with E-state index in [1.165, 1.54) is 0 Å². The van der Waals surface area contributed by atoms with Crippen molar-refractivity contribution in [2.24, 2.45) is 0 Å². The van der Waals surface area contributed by atoms with Crippen LogP contribution in [-0.4, -0.2) is 10.2 Å². The second-order valence-electron chi connectivity index (χ2n) is 6.62. The number of phenolic OH excluding ortho intramolecular Hbond substituents is 2. The highest BCUT2D eigenvalue weighted by atomic mass is 16.3. The monoisotopic (exact) mass is 352 g/mol. The Bertz CT molecular complexity index is 1010. The van der Waals surface area contributed by atoms with Gasteiger partial charge < -0.3 is 10.2 Å². The van der Waals surface area contributed by atoms with Crippen molar-refractivity contribution >= 4 is 5.57 Å². The highest BCUT2D eigenvalue weighted by Crippen LogP contribution is 2.55. The fraction of sp³-hybridized carbons (Fsp3) is 0.0400. The lowest BCUT2D eigenvalue weighted by molar-refractivity contribution is 0.474. The van der Waals surface area contributed by atoms with Crippen molar-refractivity contribution in [1.29, 1.82) is 0 Å². The maximum absolute atomic E-state index is 9.83. The molecule has 0 unspecified atom stereocenters. The van der Waals surface area contributed by atoms with Gasteiger partial charge in [0.25, 0.3) is 0 Å². The van der Waals surface area contributed by atoms with Crippen molar-refractivity contribution in [2.45, 2.75) is 5.41 Å². The van der Waals surface area contributed by atoms with E-state index in [1.54, 1.807) is 24.3 Å². The summed E-state index contributed by atoms with van der Waals surface area (Å²) in [6.45, 7) is 8.14. The van der Waals surface area contributed by atoms with Crippen molar-refractivity contribution in [2.75, 3.05) is 0 Å². The van der Waals surface area contributed by atoms with Crippen LogP contribution in [0.4, 0.5) is 0 Å². The highest BCUT2D eigenvalue weighted by molar-refractivity contribution is 5.91. The van der Waals surface area contributed by atoms with E-state index in [-0.39, 0.29) is 11.5 Å². The summed E-state index contributed by atoms with van der Waals surface area (Å²) in [6, 6.07) is 22.8. The van der Waals surface area contributed by atoms with E-state index in [4.69, 9.17) is 0 Å². The molecule has 0 saturated carbocycles. The first-order chi connectivity index (χ1) is 13.1. The van der Waals surface area contributed by atoms with Crippen LogP contribution in [0.2, 0.25) is 0 Å². The molecule has 4 rings (SSSR count). The highest BCUT2D eigenvalue weighted by Gasteiger charge is 2.45. The predicted octanol–water partition coefficient (Wildman–Crippen LogP) is 5.57. The molecule has 0 aliphatic heterocycles. The first-order valence-corrected chi connectivity index (χ1v) is 8.81. The van der Waals surface area contributed by atoms with Crippen molar-refractivity contribution in [3.05, 3.63) is 126 Å². The van der Waals surface area contributed by atoms with Gasteiger partial charge in [-0.2, -0.15) is 0 Å². The van der Waals surface area contributed by atoms with E-state index < -0.39 is 5.41 Å². The summed E-state index contributed by atoms with van der Waals surface area (Å²) < 4.78 is 0. The Morgan fingerprint density at radius 1 is 0.667 bits per heavy atom. The third-order valence-electron chi connectivity index (χ3n) is 5.32. The zero-order chi connectivity index (χ0) is 19.0. The van der Waals surface area contributed by atoms with Crippen molar-refractivity contribution < 1.29 is 10.2 Å². The van der Waals surface area contributed by atoms with E-state index in [2.05, 4.69) is 25.3 Å². The molecule has 0 bridgehead atoms. The molecule has 0 heterocycles. The number of hydrogen-bond acceptors (Lipinski definition) is 2. The molecule has 0 saturated heterocycles. The number of rotatable bonds is 4. The maximum atomic E-state index is 9.83. The van der Waals surface area contributed by atoms with Gasteiger partial charge in [-0.15, -0.1) is 0 Å². The maximum Gasteiger partial charge on any atom is 0.115 e. The molecule has 2 heteroatoms. The molecule has 132 valence electrons. The molecule has 2 nitrogen and oxygen atoms in total. The van der Waals surface area contributed by atoms with Crippen LogP contribution in [0.25, 0.3) is 5.57 Å². The topological polar surface area (TPSA) is 40.5 Å². The van der Waals surface area contributed by atoms with Crippen molar-refractivity contribution in [1.82, 2.24) is 0 Å². The lowest BCUT2D eigenvalue weighted by atomic mass is 9.67. The number of benzene rings is 3. The molecule has 3 aromatic rings. The molecule has 0 atom stereocenters. The standard InChI is InChI=1S/C25H20O2/c1-3-21-22-7-5-6-8-24(22)25(23(21)4-2,17-9-13-19(26)14-10-17)18-11-15-20(27)16-12-18/h3-16,26-27H,1-2H2. The number of phenols is 2. The van der Waals surface area contributed by atoms with E-state index in [0.717, 1.165) is 33.4 Å². The molecule has 27 heavy (non-hydrogen) atoms. The molecule has 0 radical (unpaired) electrons. The van der Waals surface area contributed by atoms with E-state index in [0.29, 0.717) is 0 Å². The quantitative estimate of drug-likeness (QED) is 0.644. The minimum Gasteiger partial charge on any atom is -0.508 e. The fourth-order valence-corrected chi connectivity index (χ4v) is 4.23. The Labute approximate surface area is 159 Å². The van der Waals surface area contributed by atoms with Crippen LogP contribution >= 0.6 is 0 Å². The van der Waals surface area contributed by atoms with Gasteiger partial charge in [0, 0.05) is 0 Å². The van der Waals surface area contributed by atoms with Crippen LogP contribution in [0.1, 0.15) is 22.3 Å². The molecular formula is C25H20O2. The van der Waals surface area contributed by atoms with Gasteiger partial charge in [-0.1, -0.05) is 73.8 Å². The third-order valence-corrected chi connectivity index (χ3v) is 5.32. The predicted molar refractivity (Wildman–Crippen MR) is 110 cm³/mol. The Morgan fingerprint density at radius 3 is 1.67 bits per heavy atom. The van der Waals surface area contributed by atoms with E-state index in [9.17, 15) is 10.2 Å².